The van der Waals surface area contributed by atoms with E-state index in [0.29, 0.717) is 29.9 Å². The maximum atomic E-state index is 13.1. The van der Waals surface area contributed by atoms with Crippen LogP contribution in [0.15, 0.2) is 53.8 Å². The van der Waals surface area contributed by atoms with E-state index in [9.17, 15) is 14.4 Å². The summed E-state index contributed by atoms with van der Waals surface area (Å²) in [4.78, 5) is 46.9. The van der Waals surface area contributed by atoms with Crippen molar-refractivity contribution in [1.82, 2.24) is 19.1 Å². The van der Waals surface area contributed by atoms with Crippen LogP contribution in [0.3, 0.4) is 0 Å². The van der Waals surface area contributed by atoms with Gasteiger partial charge in [0.1, 0.15) is 0 Å². The first kappa shape index (κ1) is 20.6. The van der Waals surface area contributed by atoms with E-state index in [-0.39, 0.29) is 16.3 Å². The molecule has 31 heavy (non-hydrogen) atoms. The van der Waals surface area contributed by atoms with Gasteiger partial charge in [-0.1, -0.05) is 0 Å². The van der Waals surface area contributed by atoms with E-state index >= 15 is 0 Å². The fraction of sp³-hybridized carbons (Fsp3) is 0.238. The molecule has 9 nitrogen and oxygen atoms in total. The van der Waals surface area contributed by atoms with Gasteiger partial charge in [-0.15, -0.1) is 5.10 Å². The number of hydrogen-bond acceptors (Lipinski definition) is 6. The summed E-state index contributed by atoms with van der Waals surface area (Å²) in [5.74, 6) is -1.28. The number of carbonyl (C=O) groups excluding carboxylic acids is 3. The van der Waals surface area contributed by atoms with Crippen LogP contribution >= 0.6 is 11.5 Å². The van der Waals surface area contributed by atoms with Gasteiger partial charge in [-0.3, -0.25) is 19.4 Å². The first-order valence-corrected chi connectivity index (χ1v) is 10.6. The Balaban J connectivity index is 1.76. The maximum Gasteiger partial charge on any atom is 0.280 e. The number of aromatic nitrogens is 3. The lowest BCUT2D eigenvalue weighted by Crippen LogP contribution is -2.38. The standard InChI is InChI=1S/C21H20N6O3S/c22-18(28)14-6-8-16(9-7-14)27-25-17(21(30)26-11-2-1-3-12-26)20(31-27)24-19(29)15-5-4-10-23-13-15/h4-10,13H,1-3,11-12H2,(H2,22,28). The minimum absolute atomic E-state index is 0.128. The van der Waals surface area contributed by atoms with Crippen molar-refractivity contribution in [2.45, 2.75) is 19.3 Å². The Labute approximate surface area is 182 Å². The SMILES string of the molecule is NC(=O)c1ccc(-n2nc(C(=O)N3CCCCC3)c(=NC(=O)c3cccnc3)s2)cc1. The molecule has 0 atom stereocenters. The predicted octanol–water partition coefficient (Wildman–Crippen LogP) is 1.79. The summed E-state index contributed by atoms with van der Waals surface area (Å²) in [5.41, 5.74) is 6.73. The average molecular weight is 436 g/mol. The molecule has 0 radical (unpaired) electrons. The van der Waals surface area contributed by atoms with Gasteiger partial charge in [-0.05, 0) is 67.2 Å². The monoisotopic (exact) mass is 436 g/mol. The molecule has 1 aliphatic rings. The largest absolute Gasteiger partial charge is 0.366 e. The first-order chi connectivity index (χ1) is 15.0. The number of hydrogen-bond donors (Lipinski definition) is 1. The lowest BCUT2D eigenvalue weighted by Gasteiger charge is -2.25. The molecule has 3 heterocycles. The summed E-state index contributed by atoms with van der Waals surface area (Å²) in [6, 6.07) is 9.76. The molecule has 4 rings (SSSR count). The lowest BCUT2D eigenvalue weighted by atomic mass is 10.1. The molecule has 0 bridgehead atoms. The molecular weight excluding hydrogens is 416 g/mol. The number of nitrogens with zero attached hydrogens (tertiary/aromatic N) is 5. The Morgan fingerprint density at radius 2 is 1.74 bits per heavy atom. The van der Waals surface area contributed by atoms with Crippen molar-refractivity contribution in [2.24, 2.45) is 10.7 Å². The highest BCUT2D eigenvalue weighted by Gasteiger charge is 2.24. The second kappa shape index (κ2) is 9.00. The van der Waals surface area contributed by atoms with Crippen molar-refractivity contribution in [3.05, 3.63) is 70.3 Å². The number of pyridine rings is 1. The Morgan fingerprint density at radius 3 is 2.39 bits per heavy atom. The summed E-state index contributed by atoms with van der Waals surface area (Å²) in [5, 5.41) is 4.44. The molecule has 2 N–H and O–H groups in total. The summed E-state index contributed by atoms with van der Waals surface area (Å²) in [7, 11) is 0. The summed E-state index contributed by atoms with van der Waals surface area (Å²) in [6.45, 7) is 1.30. The van der Waals surface area contributed by atoms with Crippen LogP contribution in [0.2, 0.25) is 0 Å². The van der Waals surface area contributed by atoms with E-state index in [2.05, 4.69) is 15.1 Å². The minimum Gasteiger partial charge on any atom is -0.366 e. The highest BCUT2D eigenvalue weighted by molar-refractivity contribution is 7.04. The van der Waals surface area contributed by atoms with Crippen molar-refractivity contribution in [2.75, 3.05) is 13.1 Å². The van der Waals surface area contributed by atoms with Crippen molar-refractivity contribution in [1.29, 1.82) is 0 Å². The number of primary amides is 1. The fourth-order valence-corrected chi connectivity index (χ4v) is 4.09. The van der Waals surface area contributed by atoms with Gasteiger partial charge in [-0.25, -0.2) is 0 Å². The number of amides is 3. The molecule has 1 aliphatic heterocycles. The number of rotatable bonds is 4. The van der Waals surface area contributed by atoms with Crippen molar-refractivity contribution >= 4 is 29.3 Å². The van der Waals surface area contributed by atoms with E-state index in [1.807, 2.05) is 0 Å². The predicted molar refractivity (Wildman–Crippen MR) is 114 cm³/mol. The molecule has 1 aromatic carbocycles. The third-order valence-corrected chi connectivity index (χ3v) is 5.82. The van der Waals surface area contributed by atoms with E-state index in [4.69, 9.17) is 5.73 Å². The van der Waals surface area contributed by atoms with Gasteiger partial charge in [0.05, 0.1) is 11.3 Å². The van der Waals surface area contributed by atoms with Crippen LogP contribution < -0.4 is 10.4 Å². The summed E-state index contributed by atoms with van der Waals surface area (Å²) < 4.78 is 1.74. The Kier molecular flexibility index (Phi) is 5.99. The van der Waals surface area contributed by atoms with Crippen LogP contribution in [0.5, 0.6) is 0 Å². The van der Waals surface area contributed by atoms with Crippen LogP contribution in [0, 0.1) is 0 Å². The van der Waals surface area contributed by atoms with Gasteiger partial charge in [0.15, 0.2) is 10.4 Å². The normalized spacial score (nSPS) is 14.5. The van der Waals surface area contributed by atoms with Crippen LogP contribution in [-0.4, -0.2) is 49.9 Å². The topological polar surface area (TPSA) is 124 Å². The molecule has 2 aromatic heterocycles. The van der Waals surface area contributed by atoms with E-state index in [1.54, 1.807) is 47.5 Å². The third kappa shape index (κ3) is 4.58. The van der Waals surface area contributed by atoms with Crippen molar-refractivity contribution < 1.29 is 14.4 Å². The molecule has 158 valence electrons. The van der Waals surface area contributed by atoms with E-state index < -0.39 is 11.8 Å². The zero-order chi connectivity index (χ0) is 21.8. The molecule has 0 aliphatic carbocycles. The highest BCUT2D eigenvalue weighted by Crippen LogP contribution is 2.14. The Morgan fingerprint density at radius 1 is 1.00 bits per heavy atom. The lowest BCUT2D eigenvalue weighted by molar-refractivity contribution is 0.0716. The number of piperidine rings is 1. The van der Waals surface area contributed by atoms with E-state index in [1.165, 1.54) is 10.3 Å². The number of likely N-dealkylation sites (tertiary alicyclic amines) is 1. The minimum atomic E-state index is -0.533. The third-order valence-electron chi connectivity index (χ3n) is 4.90. The van der Waals surface area contributed by atoms with Gasteiger partial charge in [0.25, 0.3) is 11.8 Å². The molecule has 1 fully saturated rings. The zero-order valence-electron chi connectivity index (χ0n) is 16.6. The van der Waals surface area contributed by atoms with Crippen LogP contribution in [0.1, 0.15) is 50.5 Å². The molecular formula is C21H20N6O3S. The quantitative estimate of drug-likeness (QED) is 0.668. The average Bonchev–Trinajstić information content (AvgIpc) is 3.23. The number of carbonyl (C=O) groups is 3. The van der Waals surface area contributed by atoms with Gasteiger partial charge < -0.3 is 10.6 Å². The van der Waals surface area contributed by atoms with Crippen LogP contribution in [-0.2, 0) is 0 Å². The molecule has 3 aromatic rings. The van der Waals surface area contributed by atoms with Crippen LogP contribution in [0.4, 0.5) is 0 Å². The summed E-state index contributed by atoms with van der Waals surface area (Å²) in [6.07, 6.45) is 5.95. The molecule has 0 spiro atoms. The molecule has 10 heteroatoms. The second-order valence-electron chi connectivity index (χ2n) is 7.04. The van der Waals surface area contributed by atoms with Gasteiger partial charge in [-0.2, -0.15) is 9.06 Å². The van der Waals surface area contributed by atoms with E-state index in [0.717, 1.165) is 30.8 Å². The first-order valence-electron chi connectivity index (χ1n) is 9.82. The zero-order valence-corrected chi connectivity index (χ0v) is 17.4. The number of benzene rings is 1. The molecule has 3 amide bonds. The Hall–Kier alpha value is -3.66. The second-order valence-corrected chi connectivity index (χ2v) is 7.96. The Bertz CT molecular complexity index is 1180. The van der Waals surface area contributed by atoms with Crippen molar-refractivity contribution in [3.63, 3.8) is 0 Å². The van der Waals surface area contributed by atoms with Gasteiger partial charge in [0.2, 0.25) is 5.91 Å². The van der Waals surface area contributed by atoms with Crippen molar-refractivity contribution in [3.8, 4) is 5.69 Å². The molecule has 0 saturated carbocycles. The fourth-order valence-electron chi connectivity index (χ4n) is 3.24. The molecule has 1 saturated heterocycles. The smallest absolute Gasteiger partial charge is 0.280 e. The highest BCUT2D eigenvalue weighted by atomic mass is 32.1. The summed E-state index contributed by atoms with van der Waals surface area (Å²) >= 11 is 1.08. The van der Waals surface area contributed by atoms with Gasteiger partial charge >= 0.3 is 0 Å². The number of nitrogens with two attached hydrogens (primary N) is 1. The molecule has 0 unspecified atom stereocenters. The van der Waals surface area contributed by atoms with Gasteiger partial charge in [0, 0.05) is 31.0 Å². The van der Waals surface area contributed by atoms with Crippen LogP contribution in [0.25, 0.3) is 5.69 Å². The maximum absolute atomic E-state index is 13.1.